The third kappa shape index (κ3) is 3.53. The van der Waals surface area contributed by atoms with E-state index in [9.17, 15) is 4.79 Å². The molecule has 0 N–H and O–H groups in total. The first kappa shape index (κ1) is 15.8. The van der Waals surface area contributed by atoms with E-state index in [1.54, 1.807) is 7.11 Å². The van der Waals surface area contributed by atoms with Crippen molar-refractivity contribution >= 4 is 5.97 Å². The van der Waals surface area contributed by atoms with Gasteiger partial charge in [0.05, 0.1) is 25.8 Å². The highest BCUT2D eigenvalue weighted by molar-refractivity contribution is 5.72. The summed E-state index contributed by atoms with van der Waals surface area (Å²) in [5.74, 6) is 0.781. The standard InChI is InChI=1S/C16H24N2O3/c1-11-8-17-14(12(2)15(11)20-3)10-18-7-5-6-13(9-18)16(19)21-4/h8,13H,5-7,9-10H2,1-4H3. The molecule has 2 heterocycles. The molecule has 2 rings (SSSR count). The molecule has 0 spiro atoms. The zero-order valence-corrected chi connectivity index (χ0v) is 13.3. The van der Waals surface area contributed by atoms with Crippen LogP contribution in [-0.4, -0.2) is 43.2 Å². The first-order chi connectivity index (χ1) is 10.1. The normalized spacial score (nSPS) is 19.3. The molecule has 0 aliphatic carbocycles. The molecule has 1 saturated heterocycles. The summed E-state index contributed by atoms with van der Waals surface area (Å²) in [6, 6.07) is 0. The Kier molecular flexibility index (Phi) is 5.17. The summed E-state index contributed by atoms with van der Waals surface area (Å²) in [5, 5.41) is 0. The van der Waals surface area contributed by atoms with Crippen LogP contribution < -0.4 is 4.74 Å². The lowest BCUT2D eigenvalue weighted by Crippen LogP contribution is -2.39. The van der Waals surface area contributed by atoms with Crippen molar-refractivity contribution in [3.63, 3.8) is 0 Å². The molecule has 0 radical (unpaired) electrons. The highest BCUT2D eigenvalue weighted by Gasteiger charge is 2.27. The molecule has 0 saturated carbocycles. The van der Waals surface area contributed by atoms with E-state index in [1.165, 1.54) is 7.11 Å². The minimum Gasteiger partial charge on any atom is -0.496 e. The molecule has 1 aliphatic rings. The molecular formula is C16H24N2O3. The van der Waals surface area contributed by atoms with E-state index in [2.05, 4.69) is 9.88 Å². The van der Waals surface area contributed by atoms with Gasteiger partial charge in [0.25, 0.3) is 0 Å². The Bertz CT molecular complexity index is 516. The second-order valence-corrected chi connectivity index (χ2v) is 5.64. The third-order valence-corrected chi connectivity index (χ3v) is 4.16. The van der Waals surface area contributed by atoms with Crippen LogP contribution in [0.5, 0.6) is 5.75 Å². The van der Waals surface area contributed by atoms with E-state index in [-0.39, 0.29) is 11.9 Å². The summed E-state index contributed by atoms with van der Waals surface area (Å²) in [4.78, 5) is 18.5. The van der Waals surface area contributed by atoms with Gasteiger partial charge < -0.3 is 9.47 Å². The van der Waals surface area contributed by atoms with Gasteiger partial charge in [0.2, 0.25) is 0 Å². The van der Waals surface area contributed by atoms with Crippen molar-refractivity contribution in [1.29, 1.82) is 0 Å². The molecule has 1 aliphatic heterocycles. The Hall–Kier alpha value is -1.62. The second-order valence-electron chi connectivity index (χ2n) is 5.64. The topological polar surface area (TPSA) is 51.7 Å². The monoisotopic (exact) mass is 292 g/mol. The first-order valence-corrected chi connectivity index (χ1v) is 7.36. The number of aryl methyl sites for hydroxylation is 1. The highest BCUT2D eigenvalue weighted by atomic mass is 16.5. The zero-order chi connectivity index (χ0) is 15.4. The molecular weight excluding hydrogens is 268 g/mol. The number of hydrogen-bond acceptors (Lipinski definition) is 5. The van der Waals surface area contributed by atoms with Gasteiger partial charge in [-0.05, 0) is 33.2 Å². The van der Waals surface area contributed by atoms with Crippen molar-refractivity contribution in [2.45, 2.75) is 33.2 Å². The van der Waals surface area contributed by atoms with Gasteiger partial charge in [-0.1, -0.05) is 0 Å². The Morgan fingerprint density at radius 2 is 2.19 bits per heavy atom. The van der Waals surface area contributed by atoms with Gasteiger partial charge in [-0.3, -0.25) is 14.7 Å². The van der Waals surface area contributed by atoms with Gasteiger partial charge in [-0.2, -0.15) is 0 Å². The fourth-order valence-electron chi connectivity index (χ4n) is 3.00. The van der Waals surface area contributed by atoms with E-state index in [0.29, 0.717) is 0 Å². The van der Waals surface area contributed by atoms with Gasteiger partial charge in [-0.15, -0.1) is 0 Å². The number of aromatic nitrogens is 1. The van der Waals surface area contributed by atoms with Crippen molar-refractivity contribution in [3.8, 4) is 5.75 Å². The van der Waals surface area contributed by atoms with Crippen molar-refractivity contribution in [2.24, 2.45) is 5.92 Å². The number of nitrogens with zero attached hydrogens (tertiary/aromatic N) is 2. The smallest absolute Gasteiger partial charge is 0.309 e. The molecule has 21 heavy (non-hydrogen) atoms. The largest absolute Gasteiger partial charge is 0.496 e. The lowest BCUT2D eigenvalue weighted by atomic mass is 9.98. The molecule has 1 aromatic heterocycles. The van der Waals surface area contributed by atoms with Crippen molar-refractivity contribution < 1.29 is 14.3 Å². The van der Waals surface area contributed by atoms with Crippen LogP contribution in [0.25, 0.3) is 0 Å². The predicted octanol–water partition coefficient (Wildman–Crippen LogP) is 2.09. The molecule has 5 heteroatoms. The highest BCUT2D eigenvalue weighted by Crippen LogP contribution is 2.26. The lowest BCUT2D eigenvalue weighted by molar-refractivity contribution is -0.147. The fourth-order valence-corrected chi connectivity index (χ4v) is 3.00. The van der Waals surface area contributed by atoms with E-state index in [1.807, 2.05) is 20.0 Å². The van der Waals surface area contributed by atoms with Crippen LogP contribution in [0, 0.1) is 19.8 Å². The fraction of sp³-hybridized carbons (Fsp3) is 0.625. The molecule has 1 unspecified atom stereocenters. The van der Waals surface area contributed by atoms with E-state index in [0.717, 1.165) is 55.0 Å². The number of likely N-dealkylation sites (tertiary alicyclic amines) is 1. The number of carbonyl (C=O) groups excluding carboxylic acids is 1. The van der Waals surface area contributed by atoms with Gasteiger partial charge in [0, 0.05) is 30.4 Å². The van der Waals surface area contributed by atoms with Crippen LogP contribution in [-0.2, 0) is 16.1 Å². The molecule has 5 nitrogen and oxygen atoms in total. The summed E-state index contributed by atoms with van der Waals surface area (Å²) in [6.07, 6.45) is 3.78. The third-order valence-electron chi connectivity index (χ3n) is 4.16. The molecule has 0 bridgehead atoms. The quantitative estimate of drug-likeness (QED) is 0.795. The molecule has 1 aromatic rings. The number of ether oxygens (including phenoxy) is 2. The van der Waals surface area contributed by atoms with Crippen LogP contribution in [0.2, 0.25) is 0 Å². The van der Waals surface area contributed by atoms with E-state index >= 15 is 0 Å². The lowest BCUT2D eigenvalue weighted by Gasteiger charge is -2.31. The van der Waals surface area contributed by atoms with Crippen LogP contribution in [0.3, 0.4) is 0 Å². The van der Waals surface area contributed by atoms with Crippen molar-refractivity contribution in [3.05, 3.63) is 23.0 Å². The molecule has 1 atom stereocenters. The van der Waals surface area contributed by atoms with Crippen LogP contribution >= 0.6 is 0 Å². The maximum atomic E-state index is 11.7. The molecule has 0 aromatic carbocycles. The number of hydrogen-bond donors (Lipinski definition) is 0. The molecule has 116 valence electrons. The second kappa shape index (κ2) is 6.89. The van der Waals surface area contributed by atoms with Gasteiger partial charge in [0.15, 0.2) is 0 Å². The first-order valence-electron chi connectivity index (χ1n) is 7.36. The number of piperidine rings is 1. The number of pyridine rings is 1. The van der Waals surface area contributed by atoms with E-state index in [4.69, 9.17) is 9.47 Å². The van der Waals surface area contributed by atoms with Crippen molar-refractivity contribution in [1.82, 2.24) is 9.88 Å². The number of methoxy groups -OCH3 is 2. The van der Waals surface area contributed by atoms with Crippen LogP contribution in [0.4, 0.5) is 0 Å². The average molecular weight is 292 g/mol. The Morgan fingerprint density at radius 1 is 1.43 bits per heavy atom. The predicted molar refractivity (Wildman–Crippen MR) is 80.3 cm³/mol. The summed E-state index contributed by atoms with van der Waals surface area (Å²) in [6.45, 7) is 6.51. The maximum Gasteiger partial charge on any atom is 0.309 e. The number of rotatable bonds is 4. The van der Waals surface area contributed by atoms with Gasteiger partial charge in [-0.25, -0.2) is 0 Å². The molecule has 1 fully saturated rings. The van der Waals surface area contributed by atoms with Crippen LogP contribution in [0.15, 0.2) is 6.20 Å². The minimum atomic E-state index is -0.106. The summed E-state index contributed by atoms with van der Waals surface area (Å²) >= 11 is 0. The number of esters is 1. The minimum absolute atomic E-state index is 0.0172. The van der Waals surface area contributed by atoms with Crippen molar-refractivity contribution in [2.75, 3.05) is 27.3 Å². The van der Waals surface area contributed by atoms with E-state index < -0.39 is 0 Å². The molecule has 0 amide bonds. The Balaban J connectivity index is 2.09. The number of carbonyl (C=O) groups is 1. The summed E-state index contributed by atoms with van der Waals surface area (Å²) in [5.41, 5.74) is 3.14. The maximum absolute atomic E-state index is 11.7. The summed E-state index contributed by atoms with van der Waals surface area (Å²) in [7, 11) is 3.14. The Labute approximate surface area is 126 Å². The average Bonchev–Trinajstić information content (AvgIpc) is 2.50. The Morgan fingerprint density at radius 3 is 2.86 bits per heavy atom. The van der Waals surface area contributed by atoms with Gasteiger partial charge >= 0.3 is 5.97 Å². The van der Waals surface area contributed by atoms with Gasteiger partial charge in [0.1, 0.15) is 5.75 Å². The summed E-state index contributed by atoms with van der Waals surface area (Å²) < 4.78 is 10.3. The zero-order valence-electron chi connectivity index (χ0n) is 13.3. The SMILES string of the molecule is COC(=O)C1CCCN(Cc2ncc(C)c(OC)c2C)C1. The van der Waals surface area contributed by atoms with Crippen LogP contribution in [0.1, 0.15) is 29.7 Å².